The summed E-state index contributed by atoms with van der Waals surface area (Å²) in [7, 11) is 0. The third kappa shape index (κ3) is 2.79. The van der Waals surface area contributed by atoms with E-state index in [0.717, 1.165) is 16.8 Å². The highest BCUT2D eigenvalue weighted by molar-refractivity contribution is 5.69. The molecule has 0 saturated heterocycles. The van der Waals surface area contributed by atoms with Crippen molar-refractivity contribution in [3.63, 3.8) is 0 Å². The number of aromatic nitrogens is 1. The molecule has 90 valence electrons. The third-order valence-electron chi connectivity index (χ3n) is 2.59. The highest BCUT2D eigenvalue weighted by atomic mass is 16.6. The minimum atomic E-state index is -0.406. The minimum Gasteiger partial charge on any atom is -0.258 e. The van der Waals surface area contributed by atoms with Crippen LogP contribution in [-0.4, -0.2) is 9.91 Å². The maximum atomic E-state index is 10.5. The van der Waals surface area contributed by atoms with Gasteiger partial charge in [0.05, 0.1) is 10.6 Å². The van der Waals surface area contributed by atoms with Crippen molar-refractivity contribution in [3.8, 4) is 0 Å². The van der Waals surface area contributed by atoms with Crippen LogP contribution in [-0.2, 0) is 0 Å². The van der Waals surface area contributed by atoms with Crippen LogP contribution in [0.15, 0.2) is 42.6 Å². The Morgan fingerprint density at radius 2 is 1.89 bits per heavy atom. The molecule has 4 heteroatoms. The number of non-ortho nitro benzene ring substituents is 1. The molecule has 0 saturated carbocycles. The molecule has 0 spiro atoms. The summed E-state index contributed by atoms with van der Waals surface area (Å²) in [6, 6.07) is 10.3. The van der Waals surface area contributed by atoms with E-state index >= 15 is 0 Å². The van der Waals surface area contributed by atoms with Crippen LogP contribution in [0.25, 0.3) is 12.2 Å². The lowest BCUT2D eigenvalue weighted by Crippen LogP contribution is -1.87. The molecule has 0 atom stereocenters. The summed E-state index contributed by atoms with van der Waals surface area (Å²) >= 11 is 0. The molecular formula is C14H12N2O2. The number of benzene rings is 1. The summed E-state index contributed by atoms with van der Waals surface area (Å²) in [5.74, 6) is 0. The zero-order chi connectivity index (χ0) is 13.0. The largest absolute Gasteiger partial charge is 0.269 e. The first-order valence-corrected chi connectivity index (χ1v) is 5.51. The van der Waals surface area contributed by atoms with Gasteiger partial charge in [0.2, 0.25) is 0 Å². The zero-order valence-electron chi connectivity index (χ0n) is 9.91. The van der Waals surface area contributed by atoms with Crippen LogP contribution in [0.5, 0.6) is 0 Å². The molecule has 1 aromatic carbocycles. The van der Waals surface area contributed by atoms with Gasteiger partial charge < -0.3 is 0 Å². The van der Waals surface area contributed by atoms with Crippen molar-refractivity contribution in [1.29, 1.82) is 0 Å². The maximum Gasteiger partial charge on any atom is 0.269 e. The average Bonchev–Trinajstić information content (AvgIpc) is 2.38. The predicted octanol–water partition coefficient (Wildman–Crippen LogP) is 3.47. The van der Waals surface area contributed by atoms with E-state index in [1.807, 2.05) is 31.2 Å². The molecule has 2 rings (SSSR count). The Balaban J connectivity index is 2.19. The SMILES string of the molecule is Cc1cccnc1C=Cc1ccc([N+](=O)[O-])cc1. The first-order valence-electron chi connectivity index (χ1n) is 5.51. The molecule has 0 amide bonds. The van der Waals surface area contributed by atoms with Crippen molar-refractivity contribution >= 4 is 17.8 Å². The Labute approximate surface area is 105 Å². The molecule has 0 N–H and O–H groups in total. The number of nitro groups is 1. The van der Waals surface area contributed by atoms with Gasteiger partial charge >= 0.3 is 0 Å². The van der Waals surface area contributed by atoms with Crippen molar-refractivity contribution in [3.05, 3.63) is 69.5 Å². The Morgan fingerprint density at radius 1 is 1.17 bits per heavy atom. The number of hydrogen-bond acceptors (Lipinski definition) is 3. The molecule has 4 nitrogen and oxygen atoms in total. The van der Waals surface area contributed by atoms with E-state index < -0.39 is 4.92 Å². The van der Waals surface area contributed by atoms with E-state index in [-0.39, 0.29) is 5.69 Å². The quantitative estimate of drug-likeness (QED) is 0.609. The maximum absolute atomic E-state index is 10.5. The fourth-order valence-electron chi connectivity index (χ4n) is 1.55. The Morgan fingerprint density at radius 3 is 2.50 bits per heavy atom. The molecule has 0 unspecified atom stereocenters. The minimum absolute atomic E-state index is 0.0983. The standard InChI is InChI=1S/C14H12N2O2/c1-11-3-2-10-15-14(11)9-6-12-4-7-13(8-5-12)16(17)18/h2-10H,1H3. The van der Waals surface area contributed by atoms with Gasteiger partial charge in [-0.1, -0.05) is 12.1 Å². The molecule has 1 heterocycles. The van der Waals surface area contributed by atoms with E-state index in [1.54, 1.807) is 18.3 Å². The first-order chi connectivity index (χ1) is 8.66. The predicted molar refractivity (Wildman–Crippen MR) is 71.0 cm³/mol. The Kier molecular flexibility index (Phi) is 3.48. The third-order valence-corrected chi connectivity index (χ3v) is 2.59. The fraction of sp³-hybridized carbons (Fsp3) is 0.0714. The van der Waals surface area contributed by atoms with Crippen LogP contribution in [0, 0.1) is 17.0 Å². The van der Waals surface area contributed by atoms with Crippen molar-refractivity contribution in [2.45, 2.75) is 6.92 Å². The highest BCUT2D eigenvalue weighted by Gasteiger charge is 2.02. The van der Waals surface area contributed by atoms with Gasteiger partial charge in [-0.25, -0.2) is 0 Å². The van der Waals surface area contributed by atoms with E-state index in [4.69, 9.17) is 0 Å². The van der Waals surface area contributed by atoms with Crippen molar-refractivity contribution < 1.29 is 4.92 Å². The average molecular weight is 240 g/mol. The number of hydrogen-bond donors (Lipinski definition) is 0. The topological polar surface area (TPSA) is 56.0 Å². The summed E-state index contributed by atoms with van der Waals surface area (Å²) in [4.78, 5) is 14.4. The molecule has 2 aromatic rings. The summed E-state index contributed by atoms with van der Waals surface area (Å²) in [6.07, 6.45) is 5.53. The molecule has 0 bridgehead atoms. The van der Waals surface area contributed by atoms with Crippen LogP contribution in [0.2, 0.25) is 0 Å². The number of nitrogens with zero attached hydrogens (tertiary/aromatic N) is 2. The monoisotopic (exact) mass is 240 g/mol. The van der Waals surface area contributed by atoms with E-state index in [9.17, 15) is 10.1 Å². The van der Waals surface area contributed by atoms with Gasteiger partial charge in [-0.15, -0.1) is 0 Å². The molecule has 0 radical (unpaired) electrons. The first kappa shape index (κ1) is 12.0. The molecule has 0 aliphatic rings. The summed E-state index contributed by atoms with van der Waals surface area (Å²) in [5, 5.41) is 10.5. The van der Waals surface area contributed by atoms with Crippen molar-refractivity contribution in [1.82, 2.24) is 4.98 Å². The molecule has 0 aliphatic carbocycles. The van der Waals surface area contributed by atoms with Crippen molar-refractivity contribution in [2.24, 2.45) is 0 Å². The second-order valence-electron chi connectivity index (χ2n) is 3.89. The van der Waals surface area contributed by atoms with Crippen LogP contribution in [0.3, 0.4) is 0 Å². The van der Waals surface area contributed by atoms with Gasteiger partial charge in [0.1, 0.15) is 0 Å². The summed E-state index contributed by atoms with van der Waals surface area (Å²) < 4.78 is 0. The summed E-state index contributed by atoms with van der Waals surface area (Å²) in [6.45, 7) is 1.99. The van der Waals surface area contributed by atoms with E-state index in [1.165, 1.54) is 12.1 Å². The number of rotatable bonds is 3. The van der Waals surface area contributed by atoms with Crippen LogP contribution in [0.4, 0.5) is 5.69 Å². The lowest BCUT2D eigenvalue weighted by Gasteiger charge is -1.97. The van der Waals surface area contributed by atoms with Gasteiger partial charge in [0, 0.05) is 18.3 Å². The van der Waals surface area contributed by atoms with Gasteiger partial charge in [-0.05, 0) is 42.3 Å². The van der Waals surface area contributed by atoms with Gasteiger partial charge in [-0.3, -0.25) is 15.1 Å². The summed E-state index contributed by atoms with van der Waals surface area (Å²) in [5.41, 5.74) is 3.00. The second-order valence-corrected chi connectivity index (χ2v) is 3.89. The van der Waals surface area contributed by atoms with Crippen LogP contribution < -0.4 is 0 Å². The van der Waals surface area contributed by atoms with E-state index in [2.05, 4.69) is 4.98 Å². The molecule has 0 fully saturated rings. The van der Waals surface area contributed by atoms with Crippen molar-refractivity contribution in [2.75, 3.05) is 0 Å². The number of pyridine rings is 1. The normalized spacial score (nSPS) is 10.7. The number of aryl methyl sites for hydroxylation is 1. The van der Waals surface area contributed by atoms with Gasteiger partial charge in [0.25, 0.3) is 5.69 Å². The zero-order valence-corrected chi connectivity index (χ0v) is 9.91. The van der Waals surface area contributed by atoms with Crippen LogP contribution in [0.1, 0.15) is 16.8 Å². The Hall–Kier alpha value is -2.49. The van der Waals surface area contributed by atoms with Gasteiger partial charge in [0.15, 0.2) is 0 Å². The lowest BCUT2D eigenvalue weighted by atomic mass is 10.1. The van der Waals surface area contributed by atoms with Gasteiger partial charge in [-0.2, -0.15) is 0 Å². The second kappa shape index (κ2) is 5.23. The smallest absolute Gasteiger partial charge is 0.258 e. The van der Waals surface area contributed by atoms with E-state index in [0.29, 0.717) is 0 Å². The fourth-order valence-corrected chi connectivity index (χ4v) is 1.55. The molecular weight excluding hydrogens is 228 g/mol. The molecule has 18 heavy (non-hydrogen) atoms. The molecule has 0 aliphatic heterocycles. The highest BCUT2D eigenvalue weighted by Crippen LogP contribution is 2.14. The number of nitro benzene ring substituents is 1. The van der Waals surface area contributed by atoms with Crippen LogP contribution >= 0.6 is 0 Å². The molecule has 1 aromatic heterocycles. The Bertz CT molecular complexity index is 589. The lowest BCUT2D eigenvalue weighted by molar-refractivity contribution is -0.384.